The van der Waals surface area contributed by atoms with E-state index in [1.165, 1.54) is 11.1 Å². The summed E-state index contributed by atoms with van der Waals surface area (Å²) in [6.45, 7) is 0.203. The molecule has 3 nitrogen and oxygen atoms in total. The Morgan fingerprint density at radius 2 is 1.60 bits per heavy atom. The van der Waals surface area contributed by atoms with Crippen molar-refractivity contribution in [3.63, 3.8) is 0 Å². The number of nitrogens with one attached hydrogen (secondary N) is 1. The Bertz CT molecular complexity index is 865. The molecule has 0 saturated heterocycles. The number of nitrogens with zero attached hydrogens (tertiary/aromatic N) is 1. The zero-order chi connectivity index (χ0) is 17.6. The number of rotatable bonds is 5. The maximum Gasteiger partial charge on any atom is 0.290 e. The number of amides is 1. The summed E-state index contributed by atoms with van der Waals surface area (Å²) in [6.07, 6.45) is 4.67. The Morgan fingerprint density at radius 1 is 0.920 bits per heavy atom. The topological polar surface area (TPSA) is 33.0 Å². The summed E-state index contributed by atoms with van der Waals surface area (Å²) in [7, 11) is 0. The number of halogens is 2. The van der Waals surface area contributed by atoms with Crippen LogP contribution in [-0.4, -0.2) is 5.91 Å². The van der Waals surface area contributed by atoms with Crippen molar-refractivity contribution >= 4 is 34.8 Å². The first-order valence-corrected chi connectivity index (χ1v) is 8.62. The number of aromatic nitrogens is 1. The molecule has 0 aliphatic heterocycles. The molecule has 0 fully saturated rings. The quantitative estimate of drug-likeness (QED) is 0.657. The van der Waals surface area contributed by atoms with Gasteiger partial charge in [0.25, 0.3) is 5.91 Å². The van der Waals surface area contributed by atoms with Gasteiger partial charge in [-0.15, -0.1) is 0 Å². The van der Waals surface area contributed by atoms with Gasteiger partial charge < -0.3 is 5.32 Å². The minimum atomic E-state index is -0.162. The SMILES string of the molecule is O=C(C[n+]1ccc(Cc2ccccc2)cc1)Nc1cc(Cl)ccc1Cl. The summed E-state index contributed by atoms with van der Waals surface area (Å²) in [6, 6.07) is 19.3. The van der Waals surface area contributed by atoms with Gasteiger partial charge in [-0.1, -0.05) is 53.5 Å². The van der Waals surface area contributed by atoms with Gasteiger partial charge in [0.2, 0.25) is 6.54 Å². The van der Waals surface area contributed by atoms with Crippen LogP contribution in [0.3, 0.4) is 0 Å². The lowest BCUT2D eigenvalue weighted by Gasteiger charge is -2.06. The first-order chi connectivity index (χ1) is 12.1. The maximum atomic E-state index is 12.2. The summed E-state index contributed by atoms with van der Waals surface area (Å²) < 4.78 is 1.82. The molecule has 0 aliphatic carbocycles. The van der Waals surface area contributed by atoms with E-state index in [1.807, 2.05) is 47.3 Å². The highest BCUT2D eigenvalue weighted by Crippen LogP contribution is 2.25. The molecular formula is C20H17Cl2N2O+. The van der Waals surface area contributed by atoms with Crippen LogP contribution in [0.1, 0.15) is 11.1 Å². The van der Waals surface area contributed by atoms with Crippen LogP contribution in [0.2, 0.25) is 10.0 Å². The van der Waals surface area contributed by atoms with Crippen molar-refractivity contribution in [3.05, 3.63) is 94.2 Å². The molecule has 0 spiro atoms. The second kappa shape index (κ2) is 8.15. The van der Waals surface area contributed by atoms with Crippen molar-refractivity contribution in [2.45, 2.75) is 13.0 Å². The van der Waals surface area contributed by atoms with Crippen LogP contribution in [0.25, 0.3) is 0 Å². The van der Waals surface area contributed by atoms with E-state index in [0.29, 0.717) is 15.7 Å². The number of carbonyl (C=O) groups excluding carboxylic acids is 1. The van der Waals surface area contributed by atoms with Crippen LogP contribution in [0.4, 0.5) is 5.69 Å². The largest absolute Gasteiger partial charge is 0.319 e. The first-order valence-electron chi connectivity index (χ1n) is 7.87. The van der Waals surface area contributed by atoms with Gasteiger partial charge in [0.15, 0.2) is 12.4 Å². The Labute approximate surface area is 156 Å². The lowest BCUT2D eigenvalue weighted by Crippen LogP contribution is -2.39. The number of pyridine rings is 1. The third kappa shape index (κ3) is 5.05. The van der Waals surface area contributed by atoms with Crippen LogP contribution in [-0.2, 0) is 17.8 Å². The molecule has 1 heterocycles. The fourth-order valence-electron chi connectivity index (χ4n) is 2.49. The molecule has 0 bridgehead atoms. The lowest BCUT2D eigenvalue weighted by atomic mass is 10.1. The normalized spacial score (nSPS) is 10.5. The molecule has 25 heavy (non-hydrogen) atoms. The van der Waals surface area contributed by atoms with E-state index in [0.717, 1.165) is 6.42 Å². The number of carbonyl (C=O) groups is 1. The highest BCUT2D eigenvalue weighted by molar-refractivity contribution is 6.35. The Balaban J connectivity index is 1.61. The molecule has 0 aliphatic rings. The lowest BCUT2D eigenvalue weighted by molar-refractivity contribution is -0.684. The summed E-state index contributed by atoms with van der Waals surface area (Å²) in [4.78, 5) is 12.2. The van der Waals surface area contributed by atoms with Crippen LogP contribution < -0.4 is 9.88 Å². The van der Waals surface area contributed by atoms with Crippen molar-refractivity contribution in [2.75, 3.05) is 5.32 Å². The molecule has 1 amide bonds. The van der Waals surface area contributed by atoms with Crippen LogP contribution in [0, 0.1) is 0 Å². The van der Waals surface area contributed by atoms with E-state index in [4.69, 9.17) is 23.2 Å². The van der Waals surface area contributed by atoms with E-state index in [1.54, 1.807) is 18.2 Å². The summed E-state index contributed by atoms with van der Waals surface area (Å²) in [5.41, 5.74) is 2.97. The monoisotopic (exact) mass is 371 g/mol. The molecule has 3 aromatic rings. The number of benzene rings is 2. The van der Waals surface area contributed by atoms with Gasteiger partial charge in [0, 0.05) is 17.2 Å². The van der Waals surface area contributed by atoms with E-state index in [2.05, 4.69) is 17.4 Å². The molecule has 2 aromatic carbocycles. The fraction of sp³-hybridized carbons (Fsp3) is 0.100. The number of hydrogen-bond acceptors (Lipinski definition) is 1. The van der Waals surface area contributed by atoms with Gasteiger partial charge in [-0.3, -0.25) is 4.79 Å². The highest BCUT2D eigenvalue weighted by atomic mass is 35.5. The molecule has 0 radical (unpaired) electrons. The minimum absolute atomic E-state index is 0.162. The van der Waals surface area contributed by atoms with Crippen molar-refractivity contribution in [1.29, 1.82) is 0 Å². The zero-order valence-corrected chi connectivity index (χ0v) is 15.0. The molecule has 0 unspecified atom stereocenters. The van der Waals surface area contributed by atoms with Crippen molar-refractivity contribution < 1.29 is 9.36 Å². The third-order valence-corrected chi connectivity index (χ3v) is 4.30. The molecular weight excluding hydrogens is 355 g/mol. The van der Waals surface area contributed by atoms with Gasteiger partial charge in [-0.05, 0) is 35.7 Å². The summed E-state index contributed by atoms with van der Waals surface area (Å²) in [5, 5.41) is 3.76. The zero-order valence-electron chi connectivity index (χ0n) is 13.5. The van der Waals surface area contributed by atoms with E-state index in [9.17, 15) is 4.79 Å². The standard InChI is InChI=1S/C20H16Cl2N2O/c21-17-6-7-18(22)19(13-17)23-20(25)14-24-10-8-16(9-11-24)12-15-4-2-1-3-5-15/h1-11,13H,12,14H2/p+1. The molecule has 3 rings (SSSR count). The van der Waals surface area contributed by atoms with Crippen molar-refractivity contribution in [1.82, 2.24) is 0 Å². The maximum absolute atomic E-state index is 12.2. The summed E-state index contributed by atoms with van der Waals surface area (Å²) in [5.74, 6) is -0.162. The first kappa shape index (κ1) is 17.5. The van der Waals surface area contributed by atoms with Crippen LogP contribution >= 0.6 is 23.2 Å². The second-order valence-electron chi connectivity index (χ2n) is 5.71. The predicted octanol–water partition coefficient (Wildman–Crippen LogP) is 4.51. The highest BCUT2D eigenvalue weighted by Gasteiger charge is 2.12. The molecule has 0 atom stereocenters. The molecule has 126 valence electrons. The second-order valence-corrected chi connectivity index (χ2v) is 6.56. The van der Waals surface area contributed by atoms with Gasteiger partial charge in [0.05, 0.1) is 10.7 Å². The number of anilines is 1. The predicted molar refractivity (Wildman–Crippen MR) is 101 cm³/mol. The molecule has 1 aromatic heterocycles. The molecule has 5 heteroatoms. The van der Waals surface area contributed by atoms with Crippen LogP contribution in [0.15, 0.2) is 73.1 Å². The Kier molecular flexibility index (Phi) is 5.69. The average Bonchev–Trinajstić information content (AvgIpc) is 2.61. The van der Waals surface area contributed by atoms with Gasteiger partial charge in [-0.25, -0.2) is 0 Å². The van der Waals surface area contributed by atoms with Crippen molar-refractivity contribution in [3.8, 4) is 0 Å². The molecule has 1 N–H and O–H groups in total. The minimum Gasteiger partial charge on any atom is -0.319 e. The van der Waals surface area contributed by atoms with Crippen LogP contribution in [0.5, 0.6) is 0 Å². The summed E-state index contributed by atoms with van der Waals surface area (Å²) >= 11 is 12.0. The van der Waals surface area contributed by atoms with Gasteiger partial charge in [-0.2, -0.15) is 4.57 Å². The smallest absolute Gasteiger partial charge is 0.290 e. The average molecular weight is 372 g/mol. The Hall–Kier alpha value is -2.36. The van der Waals surface area contributed by atoms with E-state index < -0.39 is 0 Å². The third-order valence-electron chi connectivity index (χ3n) is 3.74. The molecule has 0 saturated carbocycles. The fourth-order valence-corrected chi connectivity index (χ4v) is 2.83. The number of hydrogen-bond donors (Lipinski definition) is 1. The Morgan fingerprint density at radius 3 is 2.32 bits per heavy atom. The van der Waals surface area contributed by atoms with Gasteiger partial charge >= 0.3 is 0 Å². The van der Waals surface area contributed by atoms with Crippen molar-refractivity contribution in [2.24, 2.45) is 0 Å². The van der Waals surface area contributed by atoms with Gasteiger partial charge in [0.1, 0.15) is 0 Å². The van der Waals surface area contributed by atoms with E-state index >= 15 is 0 Å². The van der Waals surface area contributed by atoms with E-state index in [-0.39, 0.29) is 12.5 Å².